The maximum atomic E-state index is 13.4. The molecule has 0 bridgehead atoms. The van der Waals surface area contributed by atoms with E-state index in [1.54, 1.807) is 24.1 Å². The van der Waals surface area contributed by atoms with E-state index in [4.69, 9.17) is 0 Å². The van der Waals surface area contributed by atoms with E-state index in [2.05, 4.69) is 5.10 Å². The molecule has 172 valence electrons. The molecule has 0 aliphatic heterocycles. The zero-order valence-electron chi connectivity index (χ0n) is 19.5. The molecule has 1 heterocycles. The monoisotopic (exact) mass is 446 g/mol. The molecule has 7 nitrogen and oxygen atoms in total. The maximum absolute atomic E-state index is 13.4. The molecular weight excluding hydrogens is 416 g/mol. The fourth-order valence-corrected chi connectivity index (χ4v) is 4.40. The minimum atomic E-state index is -0.653. The molecule has 0 spiro atoms. The van der Waals surface area contributed by atoms with Gasteiger partial charge in [-0.1, -0.05) is 61.2 Å². The number of hydrogen-bond donors (Lipinski definition) is 0. The van der Waals surface area contributed by atoms with Gasteiger partial charge < -0.3 is 4.90 Å². The second kappa shape index (κ2) is 9.57. The maximum Gasteiger partial charge on any atom is 0.352 e. The third kappa shape index (κ3) is 4.67. The van der Waals surface area contributed by atoms with Crippen LogP contribution in [0.5, 0.6) is 0 Å². The van der Waals surface area contributed by atoms with Crippen LogP contribution in [0.3, 0.4) is 0 Å². The van der Waals surface area contributed by atoms with Crippen LogP contribution in [0.1, 0.15) is 59.3 Å². The lowest BCUT2D eigenvalue weighted by atomic mass is 9.94. The predicted octanol–water partition coefficient (Wildman–Crippen LogP) is 3.46. The van der Waals surface area contributed by atoms with Crippen molar-refractivity contribution in [2.45, 2.75) is 58.5 Å². The summed E-state index contributed by atoms with van der Waals surface area (Å²) < 4.78 is 2.29. The number of rotatable bonds is 5. The van der Waals surface area contributed by atoms with Gasteiger partial charge in [0, 0.05) is 13.1 Å². The van der Waals surface area contributed by atoms with Crippen LogP contribution in [0.4, 0.5) is 0 Å². The zero-order chi connectivity index (χ0) is 23.5. The van der Waals surface area contributed by atoms with Gasteiger partial charge in [0.15, 0.2) is 0 Å². The van der Waals surface area contributed by atoms with Gasteiger partial charge in [-0.05, 0) is 49.9 Å². The van der Waals surface area contributed by atoms with Gasteiger partial charge in [-0.25, -0.2) is 4.79 Å². The number of aromatic nitrogens is 3. The van der Waals surface area contributed by atoms with Crippen LogP contribution in [0.15, 0.2) is 58.1 Å². The number of benzene rings is 2. The van der Waals surface area contributed by atoms with Crippen molar-refractivity contribution in [1.82, 2.24) is 19.2 Å². The molecule has 4 rings (SSSR count). The van der Waals surface area contributed by atoms with Crippen molar-refractivity contribution < 1.29 is 4.79 Å². The van der Waals surface area contributed by atoms with Crippen LogP contribution in [0.2, 0.25) is 0 Å². The Morgan fingerprint density at radius 2 is 1.67 bits per heavy atom. The molecule has 2 aromatic carbocycles. The van der Waals surface area contributed by atoms with Crippen LogP contribution < -0.4 is 11.2 Å². The van der Waals surface area contributed by atoms with Gasteiger partial charge in [-0.15, -0.1) is 0 Å². The molecule has 0 saturated heterocycles. The average Bonchev–Trinajstić information content (AvgIpc) is 2.83. The standard InChI is InChI=1S/C26H30N4O3/c1-18-13-15-22(16-14-18)30-26(33)29(17-20-10-8-7-9-19(20)2)25(32)23(27-30)24(31)28(3)21-11-5-4-6-12-21/h7-10,13-16,21H,4-6,11-12,17H2,1-3H3. The van der Waals surface area contributed by atoms with Gasteiger partial charge in [0.2, 0.25) is 5.69 Å². The molecule has 1 saturated carbocycles. The van der Waals surface area contributed by atoms with Gasteiger partial charge >= 0.3 is 5.69 Å². The smallest absolute Gasteiger partial charge is 0.337 e. The van der Waals surface area contributed by atoms with Gasteiger partial charge in [0.25, 0.3) is 11.5 Å². The highest BCUT2D eigenvalue weighted by Crippen LogP contribution is 2.22. The molecule has 0 atom stereocenters. The Morgan fingerprint density at radius 3 is 2.33 bits per heavy atom. The Balaban J connectivity index is 1.85. The summed E-state index contributed by atoms with van der Waals surface area (Å²) in [6.07, 6.45) is 5.12. The second-order valence-corrected chi connectivity index (χ2v) is 8.90. The molecule has 0 radical (unpaired) electrons. The molecule has 3 aromatic rings. The summed E-state index contributed by atoms with van der Waals surface area (Å²) in [5.74, 6) is -0.439. The average molecular weight is 447 g/mol. The first kappa shape index (κ1) is 22.7. The number of carbonyl (C=O) groups is 1. The van der Waals surface area contributed by atoms with Crippen molar-refractivity contribution in [2.75, 3.05) is 7.05 Å². The Bertz CT molecular complexity index is 1270. The minimum Gasteiger partial charge on any atom is -0.337 e. The molecule has 1 aliphatic carbocycles. The topological polar surface area (TPSA) is 77.2 Å². The lowest BCUT2D eigenvalue weighted by Gasteiger charge is -2.30. The van der Waals surface area contributed by atoms with Crippen LogP contribution in [-0.4, -0.2) is 38.2 Å². The van der Waals surface area contributed by atoms with Crippen molar-refractivity contribution in [3.8, 4) is 5.69 Å². The van der Waals surface area contributed by atoms with Gasteiger partial charge in [0.05, 0.1) is 12.2 Å². The van der Waals surface area contributed by atoms with Crippen molar-refractivity contribution in [2.24, 2.45) is 0 Å². The lowest BCUT2D eigenvalue weighted by Crippen LogP contribution is -2.48. The minimum absolute atomic E-state index is 0.0755. The molecule has 1 amide bonds. The van der Waals surface area contributed by atoms with Gasteiger partial charge in [-0.2, -0.15) is 9.78 Å². The quantitative estimate of drug-likeness (QED) is 0.601. The first-order valence-corrected chi connectivity index (χ1v) is 11.5. The third-order valence-corrected chi connectivity index (χ3v) is 6.57. The summed E-state index contributed by atoms with van der Waals surface area (Å²) in [6.45, 7) is 3.96. The van der Waals surface area contributed by atoms with Gasteiger partial charge in [0.1, 0.15) is 0 Å². The molecule has 33 heavy (non-hydrogen) atoms. The van der Waals surface area contributed by atoms with Crippen LogP contribution in [0, 0.1) is 13.8 Å². The highest BCUT2D eigenvalue weighted by molar-refractivity contribution is 5.91. The van der Waals surface area contributed by atoms with Gasteiger partial charge in [-0.3, -0.25) is 14.2 Å². The van der Waals surface area contributed by atoms with Crippen molar-refractivity contribution >= 4 is 5.91 Å². The van der Waals surface area contributed by atoms with E-state index in [0.29, 0.717) is 5.69 Å². The number of amides is 1. The summed E-state index contributed by atoms with van der Waals surface area (Å²) in [5, 5.41) is 4.29. The molecule has 1 aliphatic rings. The predicted molar refractivity (Wildman–Crippen MR) is 128 cm³/mol. The largest absolute Gasteiger partial charge is 0.352 e. The summed E-state index contributed by atoms with van der Waals surface area (Å²) in [4.78, 5) is 41.8. The highest BCUT2D eigenvalue weighted by atomic mass is 16.2. The molecule has 1 fully saturated rings. The summed E-state index contributed by atoms with van der Waals surface area (Å²) in [7, 11) is 1.73. The lowest BCUT2D eigenvalue weighted by molar-refractivity contribution is 0.0684. The first-order chi connectivity index (χ1) is 15.9. The van der Waals surface area contributed by atoms with E-state index in [0.717, 1.165) is 53.4 Å². The van der Waals surface area contributed by atoms with Crippen molar-refractivity contribution in [3.05, 3.63) is 91.8 Å². The fraction of sp³-hybridized carbons (Fsp3) is 0.385. The third-order valence-electron chi connectivity index (χ3n) is 6.57. The van der Waals surface area contributed by atoms with E-state index in [1.807, 2.05) is 50.2 Å². The van der Waals surface area contributed by atoms with E-state index in [1.165, 1.54) is 4.68 Å². The number of aryl methyl sites for hydroxylation is 2. The van der Waals surface area contributed by atoms with Crippen LogP contribution in [-0.2, 0) is 6.54 Å². The summed E-state index contributed by atoms with van der Waals surface area (Å²) >= 11 is 0. The second-order valence-electron chi connectivity index (χ2n) is 8.90. The Labute approximate surface area is 193 Å². The Morgan fingerprint density at radius 1 is 1.00 bits per heavy atom. The van der Waals surface area contributed by atoms with Crippen LogP contribution >= 0.6 is 0 Å². The van der Waals surface area contributed by atoms with E-state index < -0.39 is 17.2 Å². The molecule has 1 aromatic heterocycles. The van der Waals surface area contributed by atoms with E-state index in [9.17, 15) is 14.4 Å². The highest BCUT2D eigenvalue weighted by Gasteiger charge is 2.28. The molecule has 7 heteroatoms. The number of carbonyl (C=O) groups excluding carboxylic acids is 1. The number of nitrogens with zero attached hydrogens (tertiary/aromatic N) is 4. The summed E-state index contributed by atoms with van der Waals surface area (Å²) in [6, 6.07) is 15.0. The first-order valence-electron chi connectivity index (χ1n) is 11.5. The SMILES string of the molecule is Cc1ccc(-n2nc(C(=O)N(C)C3CCCCC3)c(=O)n(Cc3ccccc3C)c2=O)cc1. The summed E-state index contributed by atoms with van der Waals surface area (Å²) in [5.41, 5.74) is 1.92. The van der Waals surface area contributed by atoms with E-state index >= 15 is 0 Å². The Kier molecular flexibility index (Phi) is 6.58. The van der Waals surface area contributed by atoms with Crippen molar-refractivity contribution in [3.63, 3.8) is 0 Å². The molecule has 0 N–H and O–H groups in total. The normalized spacial score (nSPS) is 14.3. The van der Waals surface area contributed by atoms with Crippen LogP contribution in [0.25, 0.3) is 5.69 Å². The van der Waals surface area contributed by atoms with E-state index in [-0.39, 0.29) is 18.3 Å². The molecule has 0 unspecified atom stereocenters. The Hall–Kier alpha value is -3.48. The zero-order valence-corrected chi connectivity index (χ0v) is 19.5. The molecular formula is C26H30N4O3. The fourth-order valence-electron chi connectivity index (χ4n) is 4.40. The van der Waals surface area contributed by atoms with Crippen molar-refractivity contribution in [1.29, 1.82) is 0 Å². The number of hydrogen-bond acceptors (Lipinski definition) is 4.